The van der Waals surface area contributed by atoms with Gasteiger partial charge in [-0.2, -0.15) is 0 Å². The van der Waals surface area contributed by atoms with Crippen LogP contribution in [0.15, 0.2) is 48.5 Å². The van der Waals surface area contributed by atoms with Gasteiger partial charge < -0.3 is 14.4 Å². The maximum Gasteiger partial charge on any atom is 0.313 e. The Bertz CT molecular complexity index is 896. The van der Waals surface area contributed by atoms with Crippen LogP contribution in [0.5, 0.6) is 5.75 Å². The van der Waals surface area contributed by atoms with Gasteiger partial charge >= 0.3 is 5.97 Å². The predicted molar refractivity (Wildman–Crippen MR) is 122 cm³/mol. The van der Waals surface area contributed by atoms with Gasteiger partial charge in [-0.25, -0.2) is 0 Å². The fraction of sp³-hybridized carbons (Fsp3) is 0.391. The Labute approximate surface area is 185 Å². The molecule has 1 saturated heterocycles. The summed E-state index contributed by atoms with van der Waals surface area (Å²) < 4.78 is 11.5. The second-order valence-corrected chi connectivity index (χ2v) is 9.85. The Morgan fingerprint density at radius 1 is 1.07 bits per heavy atom. The van der Waals surface area contributed by atoms with E-state index in [1.165, 1.54) is 17.1 Å². The summed E-state index contributed by atoms with van der Waals surface area (Å²) in [6, 6.07) is 15.6. The summed E-state index contributed by atoms with van der Waals surface area (Å²) in [4.78, 5) is 26.9. The molecule has 30 heavy (non-hydrogen) atoms. The van der Waals surface area contributed by atoms with E-state index in [-0.39, 0.29) is 24.4 Å². The molecular weight excluding hydrogens is 418 g/mol. The summed E-state index contributed by atoms with van der Waals surface area (Å²) in [5.74, 6) is 2.40. The van der Waals surface area contributed by atoms with Gasteiger partial charge in [0.05, 0.1) is 17.1 Å². The molecule has 2 heterocycles. The number of hydrogen-bond acceptors (Lipinski definition) is 6. The minimum absolute atomic E-state index is 0.0370. The van der Waals surface area contributed by atoms with Gasteiger partial charge in [0.2, 0.25) is 0 Å². The molecule has 0 spiro atoms. The average Bonchev–Trinajstić information content (AvgIpc) is 3.32. The maximum atomic E-state index is 12.9. The van der Waals surface area contributed by atoms with Gasteiger partial charge in [-0.05, 0) is 42.7 Å². The summed E-state index contributed by atoms with van der Waals surface area (Å²) in [5, 5.41) is 0. The number of amides is 1. The SMILES string of the molecule is CCOC(=O)[C@@H]1CCN(C(=O)COc2ccc(C3SCCS3)cc2)c2ccccc21. The van der Waals surface area contributed by atoms with Crippen molar-refractivity contribution >= 4 is 41.1 Å². The highest BCUT2D eigenvalue weighted by molar-refractivity contribution is 8.19. The zero-order valence-electron chi connectivity index (χ0n) is 16.9. The number of benzene rings is 2. The van der Waals surface area contributed by atoms with Crippen LogP contribution in [-0.4, -0.2) is 43.1 Å². The Morgan fingerprint density at radius 3 is 2.53 bits per heavy atom. The molecule has 2 aliphatic heterocycles. The standard InChI is InChI=1S/C23H25NO4S2/c1-2-27-22(26)19-11-12-24(20-6-4-3-5-18(19)20)21(25)15-28-17-9-7-16(8-10-17)23-29-13-14-30-23/h3-10,19,23H,2,11-15H2,1H3/t19-/m1/s1. The molecule has 1 atom stereocenters. The smallest absolute Gasteiger partial charge is 0.313 e. The number of anilines is 1. The Morgan fingerprint density at radius 2 is 1.80 bits per heavy atom. The molecule has 5 nitrogen and oxygen atoms in total. The molecule has 0 radical (unpaired) electrons. The Kier molecular flexibility index (Phi) is 6.89. The maximum absolute atomic E-state index is 12.9. The number of rotatable bonds is 6. The summed E-state index contributed by atoms with van der Waals surface area (Å²) in [6.45, 7) is 2.59. The van der Waals surface area contributed by atoms with Crippen LogP contribution < -0.4 is 9.64 Å². The molecule has 0 aromatic heterocycles. The third-order valence-electron chi connectivity index (χ3n) is 5.25. The molecule has 0 N–H and O–H groups in total. The van der Waals surface area contributed by atoms with E-state index in [4.69, 9.17) is 9.47 Å². The van der Waals surface area contributed by atoms with E-state index in [1.54, 1.807) is 11.8 Å². The number of thioether (sulfide) groups is 2. The van der Waals surface area contributed by atoms with Crippen LogP contribution in [0.3, 0.4) is 0 Å². The first kappa shape index (κ1) is 21.1. The average molecular weight is 444 g/mol. The minimum Gasteiger partial charge on any atom is -0.484 e. The molecule has 0 unspecified atom stereocenters. The number of nitrogens with zero attached hydrogens (tertiary/aromatic N) is 1. The fourth-order valence-corrected chi connectivity index (χ4v) is 6.66. The van der Waals surface area contributed by atoms with Gasteiger partial charge in [-0.3, -0.25) is 9.59 Å². The number of fused-ring (bicyclic) bond motifs is 1. The molecule has 0 bridgehead atoms. The highest BCUT2D eigenvalue weighted by atomic mass is 32.2. The molecule has 0 saturated carbocycles. The summed E-state index contributed by atoms with van der Waals surface area (Å²) in [5.41, 5.74) is 2.89. The second-order valence-electron chi connectivity index (χ2n) is 7.13. The third-order valence-corrected chi connectivity index (χ3v) is 8.36. The van der Waals surface area contributed by atoms with Crippen LogP contribution >= 0.6 is 23.5 Å². The topological polar surface area (TPSA) is 55.8 Å². The first-order valence-electron chi connectivity index (χ1n) is 10.2. The van der Waals surface area contributed by atoms with Crippen molar-refractivity contribution in [2.24, 2.45) is 0 Å². The molecule has 158 valence electrons. The van der Waals surface area contributed by atoms with E-state index in [9.17, 15) is 9.59 Å². The van der Waals surface area contributed by atoms with Gasteiger partial charge in [0.15, 0.2) is 6.61 Å². The number of carbonyl (C=O) groups is 2. The van der Waals surface area contributed by atoms with Crippen molar-refractivity contribution < 1.29 is 19.1 Å². The monoisotopic (exact) mass is 443 g/mol. The Hall–Kier alpha value is -2.12. The van der Waals surface area contributed by atoms with Crippen molar-refractivity contribution in [3.8, 4) is 5.75 Å². The number of carbonyl (C=O) groups excluding carboxylic acids is 2. The molecular formula is C23H25NO4S2. The molecule has 7 heteroatoms. The number of esters is 1. The quantitative estimate of drug-likeness (QED) is 0.607. The summed E-state index contributed by atoms with van der Waals surface area (Å²) in [6.07, 6.45) is 0.549. The van der Waals surface area contributed by atoms with E-state index in [0.29, 0.717) is 29.9 Å². The lowest BCUT2D eigenvalue weighted by Gasteiger charge is -2.33. The zero-order valence-corrected chi connectivity index (χ0v) is 18.5. The first-order valence-corrected chi connectivity index (χ1v) is 12.3. The molecule has 2 aromatic carbocycles. The molecule has 1 fully saturated rings. The number of hydrogen-bond donors (Lipinski definition) is 0. The van der Waals surface area contributed by atoms with Crippen LogP contribution in [0.1, 0.15) is 35.0 Å². The van der Waals surface area contributed by atoms with Gasteiger partial charge in [0.25, 0.3) is 5.91 Å². The molecule has 2 aromatic rings. The highest BCUT2D eigenvalue weighted by Gasteiger charge is 2.33. The van der Waals surface area contributed by atoms with E-state index in [2.05, 4.69) is 12.1 Å². The third kappa shape index (κ3) is 4.62. The molecule has 0 aliphatic carbocycles. The van der Waals surface area contributed by atoms with Crippen molar-refractivity contribution in [3.05, 3.63) is 59.7 Å². The number of para-hydroxylation sites is 1. The van der Waals surface area contributed by atoms with Gasteiger partial charge in [0.1, 0.15) is 5.75 Å². The van der Waals surface area contributed by atoms with Crippen LogP contribution in [0, 0.1) is 0 Å². The van der Waals surface area contributed by atoms with E-state index in [0.717, 1.165) is 11.3 Å². The van der Waals surface area contributed by atoms with Gasteiger partial charge in [-0.1, -0.05) is 30.3 Å². The van der Waals surface area contributed by atoms with Crippen molar-refractivity contribution in [1.82, 2.24) is 0 Å². The largest absolute Gasteiger partial charge is 0.484 e. The molecule has 2 aliphatic rings. The lowest BCUT2D eigenvalue weighted by molar-refractivity contribution is -0.145. The van der Waals surface area contributed by atoms with E-state index >= 15 is 0 Å². The lowest BCUT2D eigenvalue weighted by Crippen LogP contribution is -2.41. The Balaban J connectivity index is 1.40. The molecule has 4 rings (SSSR count). The van der Waals surface area contributed by atoms with Crippen molar-refractivity contribution in [1.29, 1.82) is 0 Å². The van der Waals surface area contributed by atoms with Crippen molar-refractivity contribution in [2.75, 3.05) is 36.2 Å². The lowest BCUT2D eigenvalue weighted by atomic mass is 9.90. The van der Waals surface area contributed by atoms with E-state index in [1.807, 2.05) is 59.9 Å². The minimum atomic E-state index is -0.329. The van der Waals surface area contributed by atoms with Gasteiger partial charge in [0, 0.05) is 23.7 Å². The van der Waals surface area contributed by atoms with Crippen LogP contribution in [-0.2, 0) is 14.3 Å². The molecule has 1 amide bonds. The highest BCUT2D eigenvalue weighted by Crippen LogP contribution is 2.45. The second kappa shape index (κ2) is 9.79. The summed E-state index contributed by atoms with van der Waals surface area (Å²) >= 11 is 3.93. The van der Waals surface area contributed by atoms with Crippen molar-refractivity contribution in [3.63, 3.8) is 0 Å². The predicted octanol–water partition coefficient (Wildman–Crippen LogP) is 4.63. The summed E-state index contributed by atoms with van der Waals surface area (Å²) in [7, 11) is 0. The van der Waals surface area contributed by atoms with Crippen LogP contribution in [0.4, 0.5) is 5.69 Å². The fourth-order valence-electron chi connectivity index (χ4n) is 3.80. The van der Waals surface area contributed by atoms with Gasteiger partial charge in [-0.15, -0.1) is 23.5 Å². The van der Waals surface area contributed by atoms with Crippen molar-refractivity contribution in [2.45, 2.75) is 23.8 Å². The zero-order chi connectivity index (χ0) is 20.9. The normalized spacial score (nSPS) is 18.7. The van der Waals surface area contributed by atoms with Crippen LogP contribution in [0.25, 0.3) is 0 Å². The van der Waals surface area contributed by atoms with Crippen LogP contribution in [0.2, 0.25) is 0 Å². The number of ether oxygens (including phenoxy) is 2. The first-order chi connectivity index (χ1) is 14.7. The van der Waals surface area contributed by atoms with E-state index < -0.39 is 0 Å².